The highest BCUT2D eigenvalue weighted by molar-refractivity contribution is 7.99. The minimum atomic E-state index is -0.0347. The summed E-state index contributed by atoms with van der Waals surface area (Å²) in [5.74, 6) is 1.55. The van der Waals surface area contributed by atoms with Crippen LogP contribution in [0.15, 0.2) is 4.79 Å². The number of thioether (sulfide) groups is 1. The second-order valence-corrected chi connectivity index (χ2v) is 9.14. The van der Waals surface area contributed by atoms with Crippen LogP contribution in [0.1, 0.15) is 55.3 Å². The molecule has 154 valence electrons. The predicted molar refractivity (Wildman–Crippen MR) is 116 cm³/mol. The Morgan fingerprint density at radius 3 is 2.96 bits per heavy atom. The van der Waals surface area contributed by atoms with Gasteiger partial charge in [-0.2, -0.15) is 0 Å². The number of aromatic amines is 1. The molecule has 0 spiro atoms. The molecule has 2 heterocycles. The van der Waals surface area contributed by atoms with Crippen LogP contribution in [-0.2, 0) is 28.1 Å². The predicted octanol–water partition coefficient (Wildman–Crippen LogP) is 3.42. The quantitative estimate of drug-likeness (QED) is 0.541. The zero-order valence-corrected chi connectivity index (χ0v) is 18.1. The number of hydrogen-bond donors (Lipinski definition) is 2. The second kappa shape index (κ2) is 11.0. The van der Waals surface area contributed by atoms with E-state index in [1.54, 1.807) is 11.3 Å². The van der Waals surface area contributed by atoms with Gasteiger partial charge in [0.2, 0.25) is 5.91 Å². The summed E-state index contributed by atoms with van der Waals surface area (Å²) in [6, 6.07) is 0. The lowest BCUT2D eigenvalue weighted by atomic mass is 9.97. The number of amides is 1. The van der Waals surface area contributed by atoms with E-state index < -0.39 is 0 Å². The number of nitrogens with zero attached hydrogens (tertiary/aromatic N) is 1. The van der Waals surface area contributed by atoms with Crippen molar-refractivity contribution in [3.05, 3.63) is 26.6 Å². The van der Waals surface area contributed by atoms with Gasteiger partial charge >= 0.3 is 0 Å². The Hall–Kier alpha value is -1.38. The van der Waals surface area contributed by atoms with Crippen LogP contribution in [0.5, 0.6) is 0 Å². The minimum Gasteiger partial charge on any atom is -0.381 e. The first-order valence-electron chi connectivity index (χ1n) is 10.1. The molecule has 2 aromatic rings. The van der Waals surface area contributed by atoms with Crippen molar-refractivity contribution in [1.29, 1.82) is 0 Å². The van der Waals surface area contributed by atoms with Crippen molar-refractivity contribution in [1.82, 2.24) is 15.3 Å². The van der Waals surface area contributed by atoms with Gasteiger partial charge in [0.25, 0.3) is 5.56 Å². The molecule has 2 aromatic heterocycles. The molecule has 0 fully saturated rings. The van der Waals surface area contributed by atoms with Crippen molar-refractivity contribution in [3.63, 3.8) is 0 Å². The van der Waals surface area contributed by atoms with E-state index in [1.165, 1.54) is 28.6 Å². The Balaban J connectivity index is 1.42. The van der Waals surface area contributed by atoms with Gasteiger partial charge in [-0.1, -0.05) is 13.3 Å². The van der Waals surface area contributed by atoms with E-state index in [0.29, 0.717) is 30.5 Å². The standard InChI is InChI=1S/C20H29N3O3S2/c1-2-3-10-26-11-6-9-21-17(24)13-27-12-16-22-19(25)18-14-7-4-5-8-15(14)28-20(18)23-16/h2-13H2,1H3,(H,21,24)(H,22,23,25). The molecule has 3 rings (SSSR count). The van der Waals surface area contributed by atoms with Crippen molar-refractivity contribution in [2.24, 2.45) is 0 Å². The van der Waals surface area contributed by atoms with Gasteiger partial charge < -0.3 is 15.0 Å². The lowest BCUT2D eigenvalue weighted by Crippen LogP contribution is -2.27. The van der Waals surface area contributed by atoms with Gasteiger partial charge in [0.05, 0.1) is 16.9 Å². The topological polar surface area (TPSA) is 84.1 Å². The number of H-pyrrole nitrogens is 1. The molecular weight excluding hydrogens is 394 g/mol. The summed E-state index contributed by atoms with van der Waals surface area (Å²) in [7, 11) is 0. The van der Waals surface area contributed by atoms with Crippen molar-refractivity contribution >= 4 is 39.2 Å². The maximum atomic E-state index is 12.5. The molecule has 0 aromatic carbocycles. The van der Waals surface area contributed by atoms with Gasteiger partial charge in [-0.25, -0.2) is 4.98 Å². The Morgan fingerprint density at radius 2 is 2.11 bits per heavy atom. The Bertz CT molecular complexity index is 847. The Morgan fingerprint density at radius 1 is 1.29 bits per heavy atom. The number of carbonyl (C=O) groups is 1. The van der Waals surface area contributed by atoms with Crippen LogP contribution in [0.2, 0.25) is 0 Å². The van der Waals surface area contributed by atoms with E-state index >= 15 is 0 Å². The number of hydrogen-bond acceptors (Lipinski definition) is 6. The van der Waals surface area contributed by atoms with E-state index in [4.69, 9.17) is 4.74 Å². The molecule has 0 bridgehead atoms. The van der Waals surface area contributed by atoms with E-state index in [1.807, 2.05) is 0 Å². The van der Waals surface area contributed by atoms with Crippen LogP contribution < -0.4 is 10.9 Å². The molecule has 1 aliphatic rings. The molecule has 1 aliphatic carbocycles. The first-order chi connectivity index (χ1) is 13.7. The lowest BCUT2D eigenvalue weighted by Gasteiger charge is -2.09. The van der Waals surface area contributed by atoms with Crippen LogP contribution in [0.3, 0.4) is 0 Å². The zero-order chi connectivity index (χ0) is 19.8. The van der Waals surface area contributed by atoms with E-state index in [2.05, 4.69) is 22.2 Å². The Labute approximate surface area is 173 Å². The largest absolute Gasteiger partial charge is 0.381 e. The maximum Gasteiger partial charge on any atom is 0.259 e. The highest BCUT2D eigenvalue weighted by atomic mass is 32.2. The Kier molecular flexibility index (Phi) is 8.36. The number of nitrogens with one attached hydrogen (secondary N) is 2. The monoisotopic (exact) mass is 423 g/mol. The van der Waals surface area contributed by atoms with Crippen LogP contribution in [0.4, 0.5) is 0 Å². The number of carbonyl (C=O) groups excluding carboxylic acids is 1. The number of unbranched alkanes of at least 4 members (excludes halogenated alkanes) is 1. The van der Waals surface area contributed by atoms with Gasteiger partial charge in [0.1, 0.15) is 10.7 Å². The average molecular weight is 424 g/mol. The normalized spacial score (nSPS) is 13.6. The van der Waals surface area contributed by atoms with Gasteiger partial charge in [0.15, 0.2) is 0 Å². The first kappa shape index (κ1) is 21.3. The minimum absolute atomic E-state index is 0.00794. The smallest absolute Gasteiger partial charge is 0.259 e. The van der Waals surface area contributed by atoms with Crippen molar-refractivity contribution in [2.45, 2.75) is 57.6 Å². The maximum absolute atomic E-state index is 12.5. The number of aryl methyl sites for hydroxylation is 2. The fraction of sp³-hybridized carbons (Fsp3) is 0.650. The van der Waals surface area contributed by atoms with E-state index in [9.17, 15) is 9.59 Å². The van der Waals surface area contributed by atoms with E-state index in [0.717, 1.165) is 55.3 Å². The molecule has 6 nitrogen and oxygen atoms in total. The molecule has 0 radical (unpaired) electrons. The fourth-order valence-electron chi connectivity index (χ4n) is 3.32. The summed E-state index contributed by atoms with van der Waals surface area (Å²) in [5, 5.41) is 3.69. The van der Waals surface area contributed by atoms with Gasteiger partial charge in [0, 0.05) is 24.6 Å². The fourth-order valence-corrected chi connectivity index (χ4v) is 5.32. The molecule has 0 saturated carbocycles. The van der Waals surface area contributed by atoms with Crippen LogP contribution in [0, 0.1) is 0 Å². The SMILES string of the molecule is CCCCOCCCNC(=O)CSCc1nc2sc3c(c2c(=O)[nH]1)CCCC3. The number of thiophene rings is 1. The molecule has 0 unspecified atom stereocenters. The van der Waals surface area contributed by atoms with Gasteiger partial charge in [-0.05, 0) is 44.1 Å². The molecule has 0 saturated heterocycles. The van der Waals surface area contributed by atoms with Crippen molar-refractivity contribution < 1.29 is 9.53 Å². The van der Waals surface area contributed by atoms with Crippen LogP contribution in [0.25, 0.3) is 10.2 Å². The lowest BCUT2D eigenvalue weighted by molar-refractivity contribution is -0.118. The third-order valence-electron chi connectivity index (χ3n) is 4.78. The molecule has 28 heavy (non-hydrogen) atoms. The van der Waals surface area contributed by atoms with Crippen LogP contribution >= 0.6 is 23.1 Å². The second-order valence-electron chi connectivity index (χ2n) is 7.07. The molecule has 0 aliphatic heterocycles. The molecular formula is C20H29N3O3S2. The number of rotatable bonds is 11. The summed E-state index contributed by atoms with van der Waals surface area (Å²) in [6.07, 6.45) is 7.43. The van der Waals surface area contributed by atoms with Crippen molar-refractivity contribution in [2.75, 3.05) is 25.5 Å². The molecule has 1 amide bonds. The third kappa shape index (κ3) is 5.81. The first-order valence-corrected chi connectivity index (χ1v) is 12.1. The third-order valence-corrected chi connectivity index (χ3v) is 6.91. The molecule has 8 heteroatoms. The summed E-state index contributed by atoms with van der Waals surface area (Å²) < 4.78 is 5.47. The molecule has 0 atom stereocenters. The number of ether oxygens (including phenoxy) is 1. The number of fused-ring (bicyclic) bond motifs is 3. The van der Waals surface area contributed by atoms with Crippen LogP contribution in [-0.4, -0.2) is 41.4 Å². The molecule has 2 N–H and O–H groups in total. The highest BCUT2D eigenvalue weighted by Crippen LogP contribution is 2.33. The average Bonchev–Trinajstić information content (AvgIpc) is 3.06. The van der Waals surface area contributed by atoms with Gasteiger partial charge in [-0.15, -0.1) is 23.1 Å². The number of aromatic nitrogens is 2. The summed E-state index contributed by atoms with van der Waals surface area (Å²) >= 11 is 3.13. The summed E-state index contributed by atoms with van der Waals surface area (Å²) in [6.45, 7) is 4.25. The zero-order valence-electron chi connectivity index (χ0n) is 16.5. The summed E-state index contributed by atoms with van der Waals surface area (Å²) in [5.41, 5.74) is 1.17. The van der Waals surface area contributed by atoms with E-state index in [-0.39, 0.29) is 11.5 Å². The van der Waals surface area contributed by atoms with Gasteiger partial charge in [-0.3, -0.25) is 9.59 Å². The summed E-state index contributed by atoms with van der Waals surface area (Å²) in [4.78, 5) is 34.1. The van der Waals surface area contributed by atoms with Crippen molar-refractivity contribution in [3.8, 4) is 0 Å². The highest BCUT2D eigenvalue weighted by Gasteiger charge is 2.19.